The zero-order valence-electron chi connectivity index (χ0n) is 21.5. The molecule has 4 N–H and O–H groups in total. The molecule has 1 aromatic carbocycles. The molecule has 10 heteroatoms. The lowest BCUT2D eigenvalue weighted by Crippen LogP contribution is -2.36. The van der Waals surface area contributed by atoms with Crippen molar-refractivity contribution in [1.82, 2.24) is 14.9 Å². The first-order valence-corrected chi connectivity index (χ1v) is 12.9. The van der Waals surface area contributed by atoms with Crippen LogP contribution in [0.5, 0.6) is 5.88 Å². The number of nitrogens with zero attached hydrogens (tertiary/aromatic N) is 4. The summed E-state index contributed by atoms with van der Waals surface area (Å²) in [7, 11) is 2.11. The molecule has 0 spiro atoms. The molecule has 0 unspecified atom stereocenters. The summed E-state index contributed by atoms with van der Waals surface area (Å²) in [5.41, 5.74) is 9.85. The number of rotatable bonds is 7. The Labute approximate surface area is 222 Å². The molecule has 0 bridgehead atoms. The van der Waals surface area contributed by atoms with E-state index in [0.29, 0.717) is 36.0 Å². The quantitative estimate of drug-likeness (QED) is 0.323. The van der Waals surface area contributed by atoms with E-state index in [-0.39, 0.29) is 11.8 Å². The van der Waals surface area contributed by atoms with Crippen molar-refractivity contribution in [2.75, 3.05) is 62.4 Å². The van der Waals surface area contributed by atoms with E-state index in [9.17, 15) is 4.79 Å². The fraction of sp³-hybridized carbons (Fsp3) is 0.357. The van der Waals surface area contributed by atoms with E-state index in [4.69, 9.17) is 20.6 Å². The highest BCUT2D eigenvalue weighted by molar-refractivity contribution is 6.48. The maximum Gasteiger partial charge on any atom is 0.274 e. The van der Waals surface area contributed by atoms with Crippen LogP contribution in [0.1, 0.15) is 18.4 Å². The second-order valence-electron chi connectivity index (χ2n) is 9.67. The molecule has 2 aromatic heterocycles. The number of pyridine rings is 2. The number of carbonyl (C=O) groups is 1. The van der Waals surface area contributed by atoms with Crippen LogP contribution in [-0.2, 0) is 9.53 Å². The molecule has 2 fully saturated rings. The van der Waals surface area contributed by atoms with Crippen LogP contribution >= 0.6 is 0 Å². The Morgan fingerprint density at radius 1 is 1.05 bits per heavy atom. The van der Waals surface area contributed by atoms with Crippen molar-refractivity contribution in [1.29, 1.82) is 5.41 Å². The molecular weight excluding hydrogens is 482 g/mol. The van der Waals surface area contributed by atoms with Gasteiger partial charge in [-0.3, -0.25) is 15.2 Å². The number of aromatic nitrogens is 2. The number of nitrogen functional groups attached to an aromatic ring is 1. The smallest absolute Gasteiger partial charge is 0.274 e. The van der Waals surface area contributed by atoms with Crippen LogP contribution in [0, 0.1) is 5.41 Å². The van der Waals surface area contributed by atoms with Crippen molar-refractivity contribution >= 4 is 28.7 Å². The van der Waals surface area contributed by atoms with E-state index in [1.54, 1.807) is 30.5 Å². The number of anilines is 3. The average molecular weight is 516 g/mol. The molecule has 0 radical (unpaired) electrons. The topological polar surface area (TPSA) is 130 Å². The number of likely N-dealkylation sites (tertiary alicyclic amines) is 1. The number of nitrogens with one attached hydrogen (secondary N) is 2. The van der Waals surface area contributed by atoms with Gasteiger partial charge in [0.15, 0.2) is 0 Å². The molecule has 1 amide bonds. The molecule has 3 aromatic rings. The van der Waals surface area contributed by atoms with Gasteiger partial charge >= 0.3 is 0 Å². The van der Waals surface area contributed by atoms with Gasteiger partial charge in [0.1, 0.15) is 11.8 Å². The average Bonchev–Trinajstić information content (AvgIpc) is 2.96. The number of ether oxygens (including phenoxy) is 2. The number of hydrogen-bond acceptors (Lipinski definition) is 9. The molecule has 0 aliphatic carbocycles. The van der Waals surface area contributed by atoms with E-state index in [1.807, 2.05) is 12.3 Å². The van der Waals surface area contributed by atoms with Crippen molar-refractivity contribution in [3.63, 3.8) is 0 Å². The lowest BCUT2D eigenvalue weighted by molar-refractivity contribution is -0.110. The van der Waals surface area contributed by atoms with Gasteiger partial charge in [0.25, 0.3) is 5.91 Å². The first-order chi connectivity index (χ1) is 18.5. The molecule has 2 saturated heterocycles. The summed E-state index contributed by atoms with van der Waals surface area (Å²) in [5, 5.41) is 11.3. The van der Waals surface area contributed by atoms with Crippen molar-refractivity contribution in [2.24, 2.45) is 0 Å². The molecule has 0 saturated carbocycles. The fourth-order valence-corrected chi connectivity index (χ4v) is 4.65. The van der Waals surface area contributed by atoms with Crippen LogP contribution in [0.3, 0.4) is 0 Å². The summed E-state index contributed by atoms with van der Waals surface area (Å²) in [5.74, 6) is -0.0441. The summed E-state index contributed by atoms with van der Waals surface area (Å²) < 4.78 is 11.4. The van der Waals surface area contributed by atoms with Gasteiger partial charge in [-0.25, -0.2) is 4.98 Å². The molecule has 5 rings (SSSR count). The molecule has 198 valence electrons. The molecule has 38 heavy (non-hydrogen) atoms. The van der Waals surface area contributed by atoms with Gasteiger partial charge in [0.2, 0.25) is 5.88 Å². The minimum absolute atomic E-state index is 0.146. The molecule has 4 heterocycles. The molecular formula is C28H33N7O3. The third-order valence-corrected chi connectivity index (χ3v) is 6.93. The Morgan fingerprint density at radius 2 is 1.84 bits per heavy atom. The van der Waals surface area contributed by atoms with Gasteiger partial charge < -0.3 is 30.3 Å². The molecule has 2 aliphatic heterocycles. The maximum atomic E-state index is 12.9. The van der Waals surface area contributed by atoms with Gasteiger partial charge in [0.05, 0.1) is 37.0 Å². The van der Waals surface area contributed by atoms with E-state index in [1.165, 1.54) is 6.20 Å². The van der Waals surface area contributed by atoms with Gasteiger partial charge in [-0.2, -0.15) is 0 Å². The summed E-state index contributed by atoms with van der Waals surface area (Å²) in [4.78, 5) is 26.2. The first kappa shape index (κ1) is 25.6. The number of nitrogens with two attached hydrogens (primary N) is 1. The highest BCUT2D eigenvalue weighted by atomic mass is 16.5. The van der Waals surface area contributed by atoms with Gasteiger partial charge in [0, 0.05) is 55.3 Å². The summed E-state index contributed by atoms with van der Waals surface area (Å²) in [6.07, 6.45) is 7.21. The molecule has 2 aliphatic rings. The van der Waals surface area contributed by atoms with Gasteiger partial charge in [-0.15, -0.1) is 0 Å². The highest BCUT2D eigenvalue weighted by Crippen LogP contribution is 2.27. The predicted octanol–water partition coefficient (Wildman–Crippen LogP) is 3.04. The normalized spacial score (nSPS) is 16.7. The Balaban J connectivity index is 1.25. The Kier molecular flexibility index (Phi) is 7.81. The largest absolute Gasteiger partial charge is 0.474 e. The van der Waals surface area contributed by atoms with Gasteiger partial charge in [-0.1, -0.05) is 6.07 Å². The van der Waals surface area contributed by atoms with Crippen molar-refractivity contribution in [3.05, 3.63) is 60.6 Å². The number of piperidine rings is 1. The van der Waals surface area contributed by atoms with Crippen LogP contribution in [0.15, 0.2) is 55.0 Å². The SMILES string of the molecule is CN1CCC(Oc2ccc(NC(=O)C(=N)c3cc(-c4cncc(N5CCOCC5)c4)ccc3N)cn2)CC1. The third kappa shape index (κ3) is 6.09. The maximum absolute atomic E-state index is 12.9. The fourth-order valence-electron chi connectivity index (χ4n) is 4.65. The Morgan fingerprint density at radius 3 is 2.58 bits per heavy atom. The summed E-state index contributed by atoms with van der Waals surface area (Å²) in [6.45, 7) is 4.99. The van der Waals surface area contributed by atoms with Crippen LogP contribution in [-0.4, -0.2) is 79.0 Å². The number of amides is 1. The Bertz CT molecular complexity index is 1280. The summed E-state index contributed by atoms with van der Waals surface area (Å²) >= 11 is 0. The van der Waals surface area contributed by atoms with Crippen LogP contribution < -0.4 is 20.7 Å². The second-order valence-corrected chi connectivity index (χ2v) is 9.67. The number of hydrogen-bond donors (Lipinski definition) is 3. The third-order valence-electron chi connectivity index (χ3n) is 6.93. The number of benzene rings is 1. The van der Waals surface area contributed by atoms with Crippen molar-refractivity contribution < 1.29 is 14.3 Å². The minimum atomic E-state index is -0.570. The number of carbonyl (C=O) groups excluding carboxylic acids is 1. The highest BCUT2D eigenvalue weighted by Gasteiger charge is 2.20. The van der Waals surface area contributed by atoms with Crippen LogP contribution in [0.2, 0.25) is 0 Å². The predicted molar refractivity (Wildman–Crippen MR) is 148 cm³/mol. The second kappa shape index (κ2) is 11.6. The monoisotopic (exact) mass is 515 g/mol. The zero-order chi connectivity index (χ0) is 26.5. The minimum Gasteiger partial charge on any atom is -0.474 e. The molecule has 0 atom stereocenters. The van der Waals surface area contributed by atoms with Crippen LogP contribution in [0.4, 0.5) is 17.1 Å². The number of morpholine rings is 1. The van der Waals surface area contributed by atoms with E-state index in [0.717, 1.165) is 55.8 Å². The van der Waals surface area contributed by atoms with Crippen molar-refractivity contribution in [3.8, 4) is 17.0 Å². The standard InChI is InChI=1S/C28H33N7O3/c1-34-8-6-23(7-9-34)38-26-5-3-21(17-32-26)33-28(36)27(30)24-15-19(2-4-25(24)29)20-14-22(18-31-16-20)35-10-12-37-13-11-35/h2-5,14-18,23,30H,6-13,29H2,1H3,(H,33,36). The van der Waals surface area contributed by atoms with E-state index in [2.05, 4.69) is 38.2 Å². The molecule has 10 nitrogen and oxygen atoms in total. The Hall–Kier alpha value is -4.02. The summed E-state index contributed by atoms with van der Waals surface area (Å²) in [6, 6.07) is 10.9. The van der Waals surface area contributed by atoms with E-state index >= 15 is 0 Å². The lowest BCUT2D eigenvalue weighted by atomic mass is 9.99. The van der Waals surface area contributed by atoms with E-state index < -0.39 is 5.91 Å². The van der Waals surface area contributed by atoms with Crippen molar-refractivity contribution in [2.45, 2.75) is 18.9 Å². The zero-order valence-corrected chi connectivity index (χ0v) is 21.5. The first-order valence-electron chi connectivity index (χ1n) is 12.9. The van der Waals surface area contributed by atoms with Crippen LogP contribution in [0.25, 0.3) is 11.1 Å². The lowest BCUT2D eigenvalue weighted by Gasteiger charge is -2.28. The van der Waals surface area contributed by atoms with Gasteiger partial charge in [-0.05, 0) is 49.7 Å².